The molecule has 1 aromatic heterocycles. The Bertz CT molecular complexity index is 692. The van der Waals surface area contributed by atoms with E-state index in [0.29, 0.717) is 11.8 Å². The second-order valence-corrected chi connectivity index (χ2v) is 4.48. The molecule has 0 aliphatic carbocycles. The number of phenolic OH excluding ortho intramolecular Hbond substituents is 1. The van der Waals surface area contributed by atoms with Crippen molar-refractivity contribution in [2.45, 2.75) is 13.1 Å². The third-order valence-corrected chi connectivity index (χ3v) is 2.79. The van der Waals surface area contributed by atoms with Crippen molar-refractivity contribution in [2.24, 2.45) is 7.05 Å². The van der Waals surface area contributed by atoms with Gasteiger partial charge in [0, 0.05) is 12.7 Å². The first-order chi connectivity index (χ1) is 9.68. The van der Waals surface area contributed by atoms with Crippen molar-refractivity contribution < 1.29 is 23.1 Å². The van der Waals surface area contributed by atoms with E-state index in [0.717, 1.165) is 6.07 Å². The molecule has 0 bridgehead atoms. The summed E-state index contributed by atoms with van der Waals surface area (Å²) < 4.78 is 39.3. The van der Waals surface area contributed by atoms with Gasteiger partial charge in [0.25, 0.3) is 5.91 Å². The molecule has 0 saturated heterocycles. The highest BCUT2D eigenvalue weighted by Gasteiger charge is 2.34. The van der Waals surface area contributed by atoms with Crippen LogP contribution in [0.15, 0.2) is 24.3 Å². The molecule has 0 atom stereocenters. The van der Waals surface area contributed by atoms with Crippen molar-refractivity contribution in [3.8, 4) is 5.75 Å². The zero-order chi connectivity index (χ0) is 15.8. The summed E-state index contributed by atoms with van der Waals surface area (Å²) in [5.41, 5.74) is -0.441. The van der Waals surface area contributed by atoms with Crippen LogP contribution in [0.1, 0.15) is 21.7 Å². The number of aromatic hydroxyl groups is 1. The minimum absolute atomic E-state index is 0.0658. The summed E-state index contributed by atoms with van der Waals surface area (Å²) in [5, 5.41) is 15.5. The van der Waals surface area contributed by atoms with Crippen molar-refractivity contribution in [1.82, 2.24) is 9.78 Å². The van der Waals surface area contributed by atoms with Crippen molar-refractivity contribution in [3.05, 3.63) is 41.2 Å². The Kier molecular flexibility index (Phi) is 3.63. The molecule has 112 valence electrons. The van der Waals surface area contributed by atoms with Crippen LogP contribution < -0.4 is 5.32 Å². The SMILES string of the molecule is Cc1cc(C(=O)Nc2ccc(O)c(C(F)(F)F)c2)n(C)n1. The quantitative estimate of drug-likeness (QED) is 0.838. The van der Waals surface area contributed by atoms with Gasteiger partial charge in [-0.3, -0.25) is 9.48 Å². The first-order valence-corrected chi connectivity index (χ1v) is 5.90. The van der Waals surface area contributed by atoms with Gasteiger partial charge in [0.05, 0.1) is 11.3 Å². The van der Waals surface area contributed by atoms with Crippen LogP contribution in [-0.4, -0.2) is 20.8 Å². The number of carbonyl (C=O) groups excluding carboxylic acids is 1. The highest BCUT2D eigenvalue weighted by Crippen LogP contribution is 2.37. The number of carbonyl (C=O) groups is 1. The lowest BCUT2D eigenvalue weighted by molar-refractivity contribution is -0.138. The third-order valence-electron chi connectivity index (χ3n) is 2.79. The largest absolute Gasteiger partial charge is 0.507 e. The highest BCUT2D eigenvalue weighted by molar-refractivity contribution is 6.03. The molecule has 2 rings (SSSR count). The lowest BCUT2D eigenvalue weighted by Gasteiger charge is -2.11. The molecule has 0 aliphatic rings. The topological polar surface area (TPSA) is 67.2 Å². The van der Waals surface area contributed by atoms with Gasteiger partial charge in [0.1, 0.15) is 11.4 Å². The molecule has 1 heterocycles. The van der Waals surface area contributed by atoms with Gasteiger partial charge in [-0.1, -0.05) is 0 Å². The number of phenols is 1. The number of anilines is 1. The average molecular weight is 299 g/mol. The summed E-state index contributed by atoms with van der Waals surface area (Å²) in [7, 11) is 1.56. The molecule has 21 heavy (non-hydrogen) atoms. The predicted molar refractivity (Wildman–Crippen MR) is 69.0 cm³/mol. The normalized spacial score (nSPS) is 11.5. The minimum atomic E-state index is -4.70. The van der Waals surface area contributed by atoms with Crippen molar-refractivity contribution in [2.75, 3.05) is 5.32 Å². The Morgan fingerprint density at radius 2 is 2.00 bits per heavy atom. The van der Waals surface area contributed by atoms with Crippen molar-refractivity contribution >= 4 is 11.6 Å². The second-order valence-electron chi connectivity index (χ2n) is 4.48. The molecule has 0 fully saturated rings. The van der Waals surface area contributed by atoms with Gasteiger partial charge >= 0.3 is 6.18 Å². The maximum atomic E-state index is 12.7. The monoisotopic (exact) mass is 299 g/mol. The summed E-state index contributed by atoms with van der Waals surface area (Å²) in [6.45, 7) is 1.69. The third kappa shape index (κ3) is 3.15. The number of alkyl halides is 3. The molecule has 0 saturated carbocycles. The molecule has 8 heteroatoms. The van der Waals surface area contributed by atoms with E-state index in [9.17, 15) is 23.1 Å². The van der Waals surface area contributed by atoms with Crippen LogP contribution in [0, 0.1) is 6.92 Å². The fraction of sp³-hybridized carbons (Fsp3) is 0.231. The number of nitrogens with zero attached hydrogens (tertiary/aromatic N) is 2. The molecule has 1 amide bonds. The number of aryl methyl sites for hydroxylation is 2. The van der Waals surface area contributed by atoms with Crippen LogP contribution in [0.5, 0.6) is 5.75 Å². The minimum Gasteiger partial charge on any atom is -0.507 e. The summed E-state index contributed by atoms with van der Waals surface area (Å²) in [6.07, 6.45) is -4.70. The smallest absolute Gasteiger partial charge is 0.420 e. The van der Waals surface area contributed by atoms with Gasteiger partial charge in [0.15, 0.2) is 0 Å². The molecule has 1 aromatic carbocycles. The Labute approximate surface area is 118 Å². The molecule has 2 N–H and O–H groups in total. The molecule has 5 nitrogen and oxygen atoms in total. The molecule has 0 aliphatic heterocycles. The number of hydrogen-bond donors (Lipinski definition) is 2. The highest BCUT2D eigenvalue weighted by atomic mass is 19.4. The van der Waals surface area contributed by atoms with Gasteiger partial charge in [-0.2, -0.15) is 18.3 Å². The first-order valence-electron chi connectivity index (χ1n) is 5.90. The number of amides is 1. The standard InChI is InChI=1S/C13H12F3N3O2/c1-7-5-10(19(2)18-7)12(21)17-8-3-4-11(20)9(6-8)13(14,15)16/h3-6,20H,1-2H3,(H,17,21). The fourth-order valence-corrected chi connectivity index (χ4v) is 1.86. The van der Waals surface area contributed by atoms with Gasteiger partial charge in [-0.15, -0.1) is 0 Å². The zero-order valence-electron chi connectivity index (χ0n) is 11.2. The van der Waals surface area contributed by atoms with E-state index in [1.807, 2.05) is 0 Å². The lowest BCUT2D eigenvalue weighted by atomic mass is 10.1. The summed E-state index contributed by atoms with van der Waals surface area (Å²) in [5.74, 6) is -1.48. The van der Waals surface area contributed by atoms with E-state index in [2.05, 4.69) is 10.4 Å². The predicted octanol–water partition coefficient (Wildman–Crippen LogP) is 2.71. The van der Waals surface area contributed by atoms with E-state index < -0.39 is 23.4 Å². The number of benzene rings is 1. The molecule has 2 aromatic rings. The van der Waals surface area contributed by atoms with Crippen LogP contribution in [0.25, 0.3) is 0 Å². The fourth-order valence-electron chi connectivity index (χ4n) is 1.86. The molecule has 0 radical (unpaired) electrons. The second kappa shape index (κ2) is 5.12. The van der Waals surface area contributed by atoms with E-state index in [-0.39, 0.29) is 11.4 Å². The lowest BCUT2D eigenvalue weighted by Crippen LogP contribution is -2.16. The van der Waals surface area contributed by atoms with E-state index in [1.165, 1.54) is 16.8 Å². The van der Waals surface area contributed by atoms with Crippen molar-refractivity contribution in [3.63, 3.8) is 0 Å². The Morgan fingerprint density at radius 1 is 1.33 bits per heavy atom. The Hall–Kier alpha value is -2.51. The number of hydrogen-bond acceptors (Lipinski definition) is 3. The summed E-state index contributed by atoms with van der Waals surface area (Å²) in [4.78, 5) is 12.0. The molecule has 0 unspecified atom stereocenters. The van der Waals surface area contributed by atoms with Gasteiger partial charge in [0.2, 0.25) is 0 Å². The van der Waals surface area contributed by atoms with Gasteiger partial charge < -0.3 is 10.4 Å². The summed E-state index contributed by atoms with van der Waals surface area (Å²) >= 11 is 0. The van der Waals surface area contributed by atoms with Gasteiger partial charge in [-0.25, -0.2) is 0 Å². The van der Waals surface area contributed by atoms with Crippen LogP contribution in [0.4, 0.5) is 18.9 Å². The summed E-state index contributed by atoms with van der Waals surface area (Å²) in [6, 6.07) is 4.26. The van der Waals surface area contributed by atoms with Crippen LogP contribution >= 0.6 is 0 Å². The zero-order valence-corrected chi connectivity index (χ0v) is 11.2. The number of rotatable bonds is 2. The average Bonchev–Trinajstić information content (AvgIpc) is 2.69. The van der Waals surface area contributed by atoms with Gasteiger partial charge in [-0.05, 0) is 31.2 Å². The number of nitrogens with one attached hydrogen (secondary N) is 1. The first kappa shape index (κ1) is 14.9. The van der Waals surface area contributed by atoms with Crippen LogP contribution in [0.3, 0.4) is 0 Å². The van der Waals surface area contributed by atoms with Crippen LogP contribution in [-0.2, 0) is 13.2 Å². The molecular formula is C13H12F3N3O2. The Morgan fingerprint density at radius 3 is 2.52 bits per heavy atom. The molecule has 0 spiro atoms. The maximum absolute atomic E-state index is 12.7. The van der Waals surface area contributed by atoms with E-state index in [4.69, 9.17) is 0 Å². The number of aromatic nitrogens is 2. The Balaban J connectivity index is 2.28. The number of halogens is 3. The van der Waals surface area contributed by atoms with Crippen molar-refractivity contribution in [1.29, 1.82) is 0 Å². The van der Waals surface area contributed by atoms with E-state index >= 15 is 0 Å². The van der Waals surface area contributed by atoms with Crippen LogP contribution in [0.2, 0.25) is 0 Å². The molecular weight excluding hydrogens is 287 g/mol. The maximum Gasteiger partial charge on any atom is 0.420 e. The van der Waals surface area contributed by atoms with E-state index in [1.54, 1.807) is 14.0 Å².